The summed E-state index contributed by atoms with van der Waals surface area (Å²) >= 11 is 0. The van der Waals surface area contributed by atoms with Crippen molar-refractivity contribution >= 4 is 11.7 Å². The molecule has 0 radical (unpaired) electrons. The molecule has 0 aromatic carbocycles. The molecule has 2 rings (SSSR count). The smallest absolute Gasteiger partial charge is 0.277 e. The van der Waals surface area contributed by atoms with E-state index in [-0.39, 0.29) is 11.5 Å². The van der Waals surface area contributed by atoms with Crippen LogP contribution in [0, 0.1) is 0 Å². The minimum absolute atomic E-state index is 0.0103. The fourth-order valence-corrected chi connectivity index (χ4v) is 1.30. The maximum Gasteiger partial charge on any atom is 0.277 e. The number of carbonyl (C=O) groups excluding carboxylic acids is 1. The predicted octanol–water partition coefficient (Wildman–Crippen LogP) is 0.0193. The van der Waals surface area contributed by atoms with Gasteiger partial charge in [0, 0.05) is 18.9 Å². The van der Waals surface area contributed by atoms with Gasteiger partial charge in [-0.1, -0.05) is 6.07 Å². The number of amides is 1. The second kappa shape index (κ2) is 5.06. The van der Waals surface area contributed by atoms with Crippen LogP contribution >= 0.6 is 0 Å². The first-order valence-corrected chi connectivity index (χ1v) is 5.02. The summed E-state index contributed by atoms with van der Waals surface area (Å²) in [5.74, 6) is -0.406. The average molecular weight is 233 g/mol. The van der Waals surface area contributed by atoms with Crippen molar-refractivity contribution in [2.24, 2.45) is 0 Å². The fourth-order valence-electron chi connectivity index (χ4n) is 1.30. The number of anilines is 1. The Morgan fingerprint density at radius 1 is 1.47 bits per heavy atom. The molecule has 0 saturated heterocycles. The summed E-state index contributed by atoms with van der Waals surface area (Å²) in [6.07, 6.45) is 4.13. The van der Waals surface area contributed by atoms with E-state index in [1.165, 1.54) is 0 Å². The number of pyridine rings is 1. The van der Waals surface area contributed by atoms with Crippen LogP contribution in [0.4, 0.5) is 5.82 Å². The summed E-state index contributed by atoms with van der Waals surface area (Å²) in [4.78, 5) is 15.5. The van der Waals surface area contributed by atoms with Crippen molar-refractivity contribution in [1.82, 2.24) is 20.6 Å². The van der Waals surface area contributed by atoms with Crippen molar-refractivity contribution in [3.63, 3.8) is 0 Å². The molecule has 7 nitrogen and oxygen atoms in total. The zero-order chi connectivity index (χ0) is 12.1. The number of nitrogens with two attached hydrogens (primary N) is 1. The Morgan fingerprint density at radius 3 is 3.00 bits per heavy atom. The Bertz CT molecular complexity index is 496. The number of nitrogens with one attached hydrogen (secondary N) is 1. The molecule has 3 N–H and O–H groups in total. The van der Waals surface area contributed by atoms with Crippen LogP contribution in [0.3, 0.4) is 0 Å². The lowest BCUT2D eigenvalue weighted by Gasteiger charge is -2.02. The molecule has 0 fully saturated rings. The van der Waals surface area contributed by atoms with Crippen LogP contribution in [0.15, 0.2) is 29.2 Å². The highest BCUT2D eigenvalue weighted by Gasteiger charge is 2.14. The molecule has 7 heteroatoms. The summed E-state index contributed by atoms with van der Waals surface area (Å²) in [7, 11) is 0. The van der Waals surface area contributed by atoms with Crippen LogP contribution in [-0.4, -0.2) is 27.7 Å². The van der Waals surface area contributed by atoms with Gasteiger partial charge in [-0.25, -0.2) is 4.63 Å². The summed E-state index contributed by atoms with van der Waals surface area (Å²) in [5.41, 5.74) is 6.44. The summed E-state index contributed by atoms with van der Waals surface area (Å²) in [6.45, 7) is 0.469. The number of rotatable bonds is 4. The van der Waals surface area contributed by atoms with Gasteiger partial charge in [-0.3, -0.25) is 9.78 Å². The Balaban J connectivity index is 1.84. The Kier molecular flexibility index (Phi) is 3.29. The molecule has 0 atom stereocenters. The van der Waals surface area contributed by atoms with E-state index >= 15 is 0 Å². The maximum absolute atomic E-state index is 11.5. The maximum atomic E-state index is 11.5. The van der Waals surface area contributed by atoms with Gasteiger partial charge in [0.05, 0.1) is 0 Å². The molecule has 88 valence electrons. The van der Waals surface area contributed by atoms with E-state index in [2.05, 4.69) is 25.2 Å². The molecule has 0 aliphatic carbocycles. The van der Waals surface area contributed by atoms with E-state index < -0.39 is 5.91 Å². The molecule has 2 aromatic heterocycles. The Labute approximate surface area is 97.0 Å². The SMILES string of the molecule is Nc1nonc1C(=O)NCCc1cccnc1. The first-order valence-electron chi connectivity index (χ1n) is 5.02. The second-order valence-electron chi connectivity index (χ2n) is 3.37. The molecular formula is C10H11N5O2. The third kappa shape index (κ3) is 2.77. The number of nitrogens with zero attached hydrogens (tertiary/aromatic N) is 3. The molecule has 0 saturated carbocycles. The zero-order valence-electron chi connectivity index (χ0n) is 8.96. The molecule has 17 heavy (non-hydrogen) atoms. The van der Waals surface area contributed by atoms with Crippen LogP contribution in [0.5, 0.6) is 0 Å². The van der Waals surface area contributed by atoms with Crippen LogP contribution in [-0.2, 0) is 6.42 Å². The van der Waals surface area contributed by atoms with E-state index in [0.717, 1.165) is 5.56 Å². The van der Waals surface area contributed by atoms with Gasteiger partial charge in [0.2, 0.25) is 11.5 Å². The van der Waals surface area contributed by atoms with E-state index in [4.69, 9.17) is 5.73 Å². The van der Waals surface area contributed by atoms with Gasteiger partial charge in [-0.15, -0.1) is 0 Å². The third-order valence-corrected chi connectivity index (χ3v) is 2.15. The monoisotopic (exact) mass is 233 g/mol. The number of aromatic nitrogens is 3. The van der Waals surface area contributed by atoms with Crippen molar-refractivity contribution in [3.05, 3.63) is 35.8 Å². The molecule has 2 heterocycles. The van der Waals surface area contributed by atoms with Gasteiger partial charge < -0.3 is 11.1 Å². The number of hydrogen-bond donors (Lipinski definition) is 2. The summed E-state index contributed by atoms with van der Waals surface area (Å²) in [6, 6.07) is 3.78. The van der Waals surface area contributed by atoms with Crippen molar-refractivity contribution in [3.8, 4) is 0 Å². The second-order valence-corrected chi connectivity index (χ2v) is 3.37. The lowest BCUT2D eigenvalue weighted by atomic mass is 10.2. The Hall–Kier alpha value is -2.44. The van der Waals surface area contributed by atoms with Crippen LogP contribution in [0.2, 0.25) is 0 Å². The normalized spacial score (nSPS) is 10.1. The lowest BCUT2D eigenvalue weighted by Crippen LogP contribution is -2.26. The number of hydrogen-bond acceptors (Lipinski definition) is 6. The molecule has 0 bridgehead atoms. The summed E-state index contributed by atoms with van der Waals surface area (Å²) < 4.78 is 4.34. The van der Waals surface area contributed by atoms with Crippen LogP contribution in [0.25, 0.3) is 0 Å². The fraction of sp³-hybridized carbons (Fsp3) is 0.200. The first-order chi connectivity index (χ1) is 8.27. The standard InChI is InChI=1S/C10H11N5O2/c11-9-8(14-17-15-9)10(16)13-5-3-7-2-1-4-12-6-7/h1-2,4,6H,3,5H2,(H2,11,15)(H,13,16). The Morgan fingerprint density at radius 2 is 2.35 bits per heavy atom. The van der Waals surface area contributed by atoms with Crippen LogP contribution in [0.1, 0.15) is 16.1 Å². The minimum Gasteiger partial charge on any atom is -0.379 e. The van der Waals surface area contributed by atoms with Gasteiger partial charge >= 0.3 is 0 Å². The highest BCUT2D eigenvalue weighted by Crippen LogP contribution is 2.03. The number of carbonyl (C=O) groups is 1. The molecule has 2 aromatic rings. The van der Waals surface area contributed by atoms with Gasteiger partial charge in [-0.2, -0.15) is 0 Å². The van der Waals surface area contributed by atoms with Crippen molar-refractivity contribution in [2.45, 2.75) is 6.42 Å². The van der Waals surface area contributed by atoms with Crippen LogP contribution < -0.4 is 11.1 Å². The van der Waals surface area contributed by atoms with Crippen molar-refractivity contribution < 1.29 is 9.42 Å². The van der Waals surface area contributed by atoms with Gasteiger partial charge in [0.25, 0.3) is 5.91 Å². The van der Waals surface area contributed by atoms with E-state index in [9.17, 15) is 4.79 Å². The molecule has 0 spiro atoms. The topological polar surface area (TPSA) is 107 Å². The highest BCUT2D eigenvalue weighted by molar-refractivity contribution is 5.95. The van der Waals surface area contributed by atoms with Crippen molar-refractivity contribution in [2.75, 3.05) is 12.3 Å². The third-order valence-electron chi connectivity index (χ3n) is 2.15. The largest absolute Gasteiger partial charge is 0.379 e. The predicted molar refractivity (Wildman–Crippen MR) is 59.0 cm³/mol. The van der Waals surface area contributed by atoms with Gasteiger partial charge in [-0.05, 0) is 28.4 Å². The molecule has 0 unspecified atom stereocenters. The van der Waals surface area contributed by atoms with Gasteiger partial charge in [0.1, 0.15) is 0 Å². The highest BCUT2D eigenvalue weighted by atomic mass is 16.6. The first kappa shape index (κ1) is 11.1. The number of nitrogen functional groups attached to an aromatic ring is 1. The zero-order valence-corrected chi connectivity index (χ0v) is 8.96. The van der Waals surface area contributed by atoms with E-state index in [0.29, 0.717) is 13.0 Å². The van der Waals surface area contributed by atoms with Gasteiger partial charge in [0.15, 0.2) is 0 Å². The van der Waals surface area contributed by atoms with E-state index in [1.54, 1.807) is 12.4 Å². The molecular weight excluding hydrogens is 222 g/mol. The average Bonchev–Trinajstić information content (AvgIpc) is 2.77. The molecule has 1 amide bonds. The van der Waals surface area contributed by atoms with Crippen molar-refractivity contribution in [1.29, 1.82) is 0 Å². The van der Waals surface area contributed by atoms with E-state index in [1.807, 2.05) is 12.1 Å². The molecule has 0 aliphatic heterocycles. The summed E-state index contributed by atoms with van der Waals surface area (Å²) in [5, 5.41) is 9.40. The lowest BCUT2D eigenvalue weighted by molar-refractivity contribution is 0.0945. The quantitative estimate of drug-likeness (QED) is 0.770. The minimum atomic E-state index is -0.396. The molecule has 0 aliphatic rings.